The number of rotatable bonds is 3. The average molecular weight is 340 g/mol. The second-order valence-corrected chi connectivity index (χ2v) is 6.17. The van der Waals surface area contributed by atoms with Crippen LogP contribution in [-0.4, -0.2) is 48.4 Å². The van der Waals surface area contributed by atoms with Gasteiger partial charge in [0.2, 0.25) is 0 Å². The van der Waals surface area contributed by atoms with Gasteiger partial charge in [-0.15, -0.1) is 0 Å². The first-order chi connectivity index (χ1) is 9.52. The number of nitrogen functional groups attached to an aromatic ring is 1. The van der Waals surface area contributed by atoms with E-state index in [1.807, 2.05) is 24.1 Å². The fourth-order valence-corrected chi connectivity index (χ4v) is 2.92. The normalized spacial score (nSPS) is 17.1. The summed E-state index contributed by atoms with van der Waals surface area (Å²) in [5.74, 6) is 0.0548. The number of nitrogens with two attached hydrogens (primary N) is 1. The third kappa shape index (κ3) is 3.33. The van der Waals surface area contributed by atoms with Crippen molar-refractivity contribution in [1.29, 1.82) is 0 Å². The van der Waals surface area contributed by atoms with E-state index in [0.717, 1.165) is 36.9 Å². The van der Waals surface area contributed by atoms with Gasteiger partial charge in [0.15, 0.2) is 0 Å². The zero-order chi connectivity index (χ0) is 14.7. The number of nitrogens with zero attached hydrogens (tertiary/aromatic N) is 2. The van der Waals surface area contributed by atoms with Gasteiger partial charge in [-0.2, -0.15) is 0 Å². The first-order valence-corrected chi connectivity index (χ1v) is 7.86. The molecule has 0 spiro atoms. The Morgan fingerprint density at radius 2 is 2.10 bits per heavy atom. The molecule has 110 valence electrons. The van der Waals surface area contributed by atoms with E-state index >= 15 is 0 Å². The number of carbonyl (C=O) groups is 1. The van der Waals surface area contributed by atoms with Gasteiger partial charge in [-0.1, -0.05) is 6.92 Å². The molecule has 1 amide bonds. The van der Waals surface area contributed by atoms with E-state index < -0.39 is 0 Å². The van der Waals surface area contributed by atoms with E-state index in [1.165, 1.54) is 0 Å². The zero-order valence-electron chi connectivity index (χ0n) is 12.1. The fourth-order valence-electron chi connectivity index (χ4n) is 2.67. The third-order valence-corrected chi connectivity index (χ3v) is 4.84. The molecule has 4 nitrogen and oxygen atoms in total. The van der Waals surface area contributed by atoms with Crippen LogP contribution >= 0.6 is 15.9 Å². The number of halogens is 1. The molecule has 5 heteroatoms. The summed E-state index contributed by atoms with van der Waals surface area (Å²) in [6.45, 7) is 5.41. The molecule has 1 aliphatic heterocycles. The Kier molecular flexibility index (Phi) is 5.05. The summed E-state index contributed by atoms with van der Waals surface area (Å²) in [7, 11) is 1.90. The lowest BCUT2D eigenvalue weighted by molar-refractivity contribution is 0.0647. The maximum atomic E-state index is 12.5. The van der Waals surface area contributed by atoms with Crippen LogP contribution in [0.4, 0.5) is 5.69 Å². The molecule has 2 rings (SSSR count). The van der Waals surface area contributed by atoms with Crippen LogP contribution in [0.15, 0.2) is 22.7 Å². The number of piperidine rings is 1. The first kappa shape index (κ1) is 15.3. The summed E-state index contributed by atoms with van der Waals surface area (Å²) in [6, 6.07) is 5.72. The number of amides is 1. The Morgan fingerprint density at radius 1 is 1.45 bits per heavy atom. The molecule has 1 heterocycles. The van der Waals surface area contributed by atoms with Gasteiger partial charge in [-0.05, 0) is 53.5 Å². The summed E-state index contributed by atoms with van der Waals surface area (Å²) in [5, 5.41) is 0. The van der Waals surface area contributed by atoms with Crippen molar-refractivity contribution in [3.05, 3.63) is 28.2 Å². The molecular formula is C15H22BrN3O. The minimum absolute atomic E-state index is 0.0548. The largest absolute Gasteiger partial charge is 0.398 e. The lowest BCUT2D eigenvalue weighted by Crippen LogP contribution is -2.45. The van der Waals surface area contributed by atoms with E-state index in [2.05, 4.69) is 27.8 Å². The molecule has 1 aromatic carbocycles. The van der Waals surface area contributed by atoms with E-state index in [4.69, 9.17) is 5.73 Å². The summed E-state index contributed by atoms with van der Waals surface area (Å²) in [5.41, 5.74) is 7.11. The average Bonchev–Trinajstić information content (AvgIpc) is 2.48. The summed E-state index contributed by atoms with van der Waals surface area (Å²) < 4.78 is 0.827. The van der Waals surface area contributed by atoms with Crippen LogP contribution < -0.4 is 5.73 Å². The molecule has 0 bridgehead atoms. The Bertz CT molecular complexity index is 484. The van der Waals surface area contributed by atoms with Crippen molar-refractivity contribution in [2.24, 2.45) is 0 Å². The van der Waals surface area contributed by atoms with Crippen LogP contribution in [0, 0.1) is 0 Å². The Balaban J connectivity index is 2.03. The maximum absolute atomic E-state index is 12.5. The highest BCUT2D eigenvalue weighted by molar-refractivity contribution is 9.10. The molecule has 1 fully saturated rings. The standard InChI is InChI=1S/C15H22BrN3O/c1-3-19-8-6-12(7-9-19)18(2)15(20)11-4-5-13(16)14(17)10-11/h4-5,10,12H,3,6-9,17H2,1-2H3. The Morgan fingerprint density at radius 3 is 2.65 bits per heavy atom. The number of hydrogen-bond donors (Lipinski definition) is 1. The minimum Gasteiger partial charge on any atom is -0.398 e. The smallest absolute Gasteiger partial charge is 0.253 e. The highest BCUT2D eigenvalue weighted by Gasteiger charge is 2.25. The molecule has 0 atom stereocenters. The monoisotopic (exact) mass is 339 g/mol. The van der Waals surface area contributed by atoms with Crippen molar-refractivity contribution >= 4 is 27.5 Å². The van der Waals surface area contributed by atoms with Gasteiger partial charge in [0.1, 0.15) is 0 Å². The molecule has 20 heavy (non-hydrogen) atoms. The fraction of sp³-hybridized carbons (Fsp3) is 0.533. The lowest BCUT2D eigenvalue weighted by atomic mass is 10.0. The van der Waals surface area contributed by atoms with Crippen LogP contribution in [0.25, 0.3) is 0 Å². The van der Waals surface area contributed by atoms with Gasteiger partial charge < -0.3 is 15.5 Å². The predicted molar refractivity (Wildman–Crippen MR) is 85.8 cm³/mol. The summed E-state index contributed by atoms with van der Waals surface area (Å²) >= 11 is 3.35. The zero-order valence-corrected chi connectivity index (χ0v) is 13.7. The van der Waals surface area contributed by atoms with Crippen LogP contribution in [0.3, 0.4) is 0 Å². The third-order valence-electron chi connectivity index (χ3n) is 4.12. The number of likely N-dealkylation sites (tertiary alicyclic amines) is 1. The van der Waals surface area contributed by atoms with Gasteiger partial charge in [0.25, 0.3) is 5.91 Å². The summed E-state index contributed by atoms with van der Waals surface area (Å²) in [4.78, 5) is 16.8. The molecule has 0 aliphatic carbocycles. The first-order valence-electron chi connectivity index (χ1n) is 7.07. The van der Waals surface area contributed by atoms with Gasteiger partial charge in [0, 0.05) is 41.9 Å². The van der Waals surface area contributed by atoms with E-state index in [0.29, 0.717) is 17.3 Å². The second-order valence-electron chi connectivity index (χ2n) is 5.32. The highest BCUT2D eigenvalue weighted by atomic mass is 79.9. The number of carbonyl (C=O) groups excluding carboxylic acids is 1. The van der Waals surface area contributed by atoms with Crippen molar-refractivity contribution in [3.8, 4) is 0 Å². The molecule has 1 saturated heterocycles. The van der Waals surface area contributed by atoms with Crippen molar-refractivity contribution < 1.29 is 4.79 Å². The van der Waals surface area contributed by atoms with Crippen LogP contribution in [0.5, 0.6) is 0 Å². The van der Waals surface area contributed by atoms with Gasteiger partial charge in [0.05, 0.1) is 0 Å². The highest BCUT2D eigenvalue weighted by Crippen LogP contribution is 2.22. The maximum Gasteiger partial charge on any atom is 0.253 e. The Labute approximate surface area is 129 Å². The molecule has 1 aliphatic rings. The number of benzene rings is 1. The van der Waals surface area contributed by atoms with Crippen molar-refractivity contribution in [2.75, 3.05) is 32.4 Å². The molecule has 0 unspecified atom stereocenters. The molecule has 0 radical (unpaired) electrons. The van der Waals surface area contributed by atoms with Gasteiger partial charge in [-0.3, -0.25) is 4.79 Å². The second kappa shape index (κ2) is 6.59. The molecular weight excluding hydrogens is 318 g/mol. The molecule has 0 aromatic heterocycles. The summed E-state index contributed by atoms with van der Waals surface area (Å²) in [6.07, 6.45) is 2.09. The van der Waals surface area contributed by atoms with Gasteiger partial charge >= 0.3 is 0 Å². The quantitative estimate of drug-likeness (QED) is 0.861. The van der Waals surface area contributed by atoms with Crippen LogP contribution in [-0.2, 0) is 0 Å². The van der Waals surface area contributed by atoms with Crippen molar-refractivity contribution in [3.63, 3.8) is 0 Å². The van der Waals surface area contributed by atoms with Gasteiger partial charge in [-0.25, -0.2) is 0 Å². The van der Waals surface area contributed by atoms with Crippen LogP contribution in [0.1, 0.15) is 30.1 Å². The number of hydrogen-bond acceptors (Lipinski definition) is 3. The van der Waals surface area contributed by atoms with E-state index in [9.17, 15) is 4.79 Å². The Hall–Kier alpha value is -1.07. The minimum atomic E-state index is 0.0548. The van der Waals surface area contributed by atoms with E-state index in [-0.39, 0.29) is 5.91 Å². The predicted octanol–water partition coefficient (Wildman–Crippen LogP) is 2.59. The van der Waals surface area contributed by atoms with Crippen LogP contribution in [0.2, 0.25) is 0 Å². The molecule has 1 aromatic rings. The SMILES string of the molecule is CCN1CCC(N(C)C(=O)c2ccc(Br)c(N)c2)CC1. The molecule has 2 N–H and O–H groups in total. The number of anilines is 1. The lowest BCUT2D eigenvalue weighted by Gasteiger charge is -2.36. The van der Waals surface area contributed by atoms with E-state index in [1.54, 1.807) is 6.07 Å². The topological polar surface area (TPSA) is 49.6 Å². The molecule has 0 saturated carbocycles. The van der Waals surface area contributed by atoms with Crippen molar-refractivity contribution in [2.45, 2.75) is 25.8 Å². The van der Waals surface area contributed by atoms with Crippen molar-refractivity contribution in [1.82, 2.24) is 9.80 Å².